The second kappa shape index (κ2) is 10.0. The van der Waals surface area contributed by atoms with Crippen LogP contribution >= 0.6 is 22.7 Å². The number of rotatable bonds is 6. The maximum atomic E-state index is 12.5. The van der Waals surface area contributed by atoms with Crippen molar-refractivity contribution < 1.29 is 9.59 Å². The van der Waals surface area contributed by atoms with Crippen molar-refractivity contribution >= 4 is 40.2 Å². The number of nitrogens with zero attached hydrogens (tertiary/aromatic N) is 3. The van der Waals surface area contributed by atoms with E-state index >= 15 is 0 Å². The molecule has 31 heavy (non-hydrogen) atoms. The number of carbonyl (C=O) groups excluding carboxylic acids is 2. The van der Waals surface area contributed by atoms with E-state index in [0.717, 1.165) is 36.1 Å². The van der Waals surface area contributed by atoms with Gasteiger partial charge in [0.15, 0.2) is 0 Å². The van der Waals surface area contributed by atoms with Gasteiger partial charge in [0.05, 0.1) is 10.6 Å². The number of carbonyl (C=O) groups is 2. The number of aromatic nitrogens is 1. The van der Waals surface area contributed by atoms with E-state index in [1.54, 1.807) is 18.3 Å². The summed E-state index contributed by atoms with van der Waals surface area (Å²) in [5.74, 6) is -0.526. The number of hydrazine groups is 1. The van der Waals surface area contributed by atoms with Crippen molar-refractivity contribution in [2.75, 3.05) is 37.6 Å². The van der Waals surface area contributed by atoms with Gasteiger partial charge in [-0.1, -0.05) is 24.3 Å². The lowest BCUT2D eigenvalue weighted by atomic mass is 10.2. The summed E-state index contributed by atoms with van der Waals surface area (Å²) in [4.78, 5) is 35.3. The van der Waals surface area contributed by atoms with Crippen molar-refractivity contribution in [3.8, 4) is 9.88 Å². The summed E-state index contributed by atoms with van der Waals surface area (Å²) in [6, 6.07) is 14.3. The minimum atomic E-state index is -0.331. The lowest BCUT2D eigenvalue weighted by Crippen LogP contribution is -2.48. The molecule has 0 radical (unpaired) electrons. The molecule has 1 saturated heterocycles. The maximum Gasteiger partial charge on any atom is 0.281 e. The van der Waals surface area contributed by atoms with Crippen LogP contribution in [0.4, 0.5) is 5.69 Å². The Morgan fingerprint density at radius 1 is 1.03 bits per heavy atom. The first-order valence-electron chi connectivity index (χ1n) is 10.2. The fourth-order valence-corrected chi connectivity index (χ4v) is 5.24. The molecule has 0 atom stereocenters. The third-order valence-electron chi connectivity index (χ3n) is 5.20. The van der Waals surface area contributed by atoms with Crippen molar-refractivity contribution in [1.82, 2.24) is 20.7 Å². The Balaban J connectivity index is 1.19. The standard InChI is InChI=1S/C22H25N5O2S2/c1-16-20(31-22(23-16)18-8-5-15-30-18)21(29)25-24-19(28)9-10-26-11-13-27(14-12-26)17-6-3-2-4-7-17/h2-8,15H,9-14H2,1H3,(H,24,28)(H,25,29). The molecule has 0 bridgehead atoms. The highest BCUT2D eigenvalue weighted by Crippen LogP contribution is 2.30. The van der Waals surface area contributed by atoms with Crippen LogP contribution in [0.1, 0.15) is 21.8 Å². The molecule has 3 heterocycles. The van der Waals surface area contributed by atoms with E-state index in [9.17, 15) is 9.59 Å². The number of thiazole rings is 1. The number of nitrogens with one attached hydrogen (secondary N) is 2. The van der Waals surface area contributed by atoms with Crippen molar-refractivity contribution in [3.05, 3.63) is 58.4 Å². The highest BCUT2D eigenvalue weighted by molar-refractivity contribution is 7.22. The van der Waals surface area contributed by atoms with Crippen LogP contribution in [0.15, 0.2) is 47.8 Å². The van der Waals surface area contributed by atoms with Gasteiger partial charge in [0.2, 0.25) is 5.91 Å². The molecular weight excluding hydrogens is 430 g/mol. The van der Waals surface area contributed by atoms with Gasteiger partial charge in [-0.15, -0.1) is 22.7 Å². The summed E-state index contributed by atoms with van der Waals surface area (Å²) >= 11 is 2.92. The summed E-state index contributed by atoms with van der Waals surface area (Å²) in [6.45, 7) is 6.20. The summed E-state index contributed by atoms with van der Waals surface area (Å²) in [5.41, 5.74) is 6.96. The minimum absolute atomic E-state index is 0.195. The molecule has 4 rings (SSSR count). The van der Waals surface area contributed by atoms with Gasteiger partial charge in [0.25, 0.3) is 5.91 Å². The molecule has 2 N–H and O–H groups in total. The Hall–Kier alpha value is -2.75. The zero-order valence-corrected chi connectivity index (χ0v) is 19.0. The van der Waals surface area contributed by atoms with E-state index in [-0.39, 0.29) is 11.8 Å². The number of anilines is 1. The second-order valence-corrected chi connectivity index (χ2v) is 9.27. The monoisotopic (exact) mass is 455 g/mol. The SMILES string of the molecule is Cc1nc(-c2cccs2)sc1C(=O)NNC(=O)CCN1CCN(c2ccccc2)CC1. The molecule has 2 amide bonds. The van der Waals surface area contributed by atoms with Crippen LogP contribution in [0, 0.1) is 6.92 Å². The topological polar surface area (TPSA) is 77.6 Å². The van der Waals surface area contributed by atoms with Gasteiger partial charge in [-0.3, -0.25) is 25.3 Å². The summed E-state index contributed by atoms with van der Waals surface area (Å²) in [5, 5.41) is 2.80. The molecule has 1 aliphatic heterocycles. The summed E-state index contributed by atoms with van der Waals surface area (Å²) < 4.78 is 0. The fraction of sp³-hybridized carbons (Fsp3) is 0.318. The van der Waals surface area contributed by atoms with Gasteiger partial charge in [0.1, 0.15) is 9.88 Å². The Kier molecular flexibility index (Phi) is 6.96. The van der Waals surface area contributed by atoms with Crippen LogP contribution < -0.4 is 15.8 Å². The Morgan fingerprint density at radius 2 is 1.81 bits per heavy atom. The minimum Gasteiger partial charge on any atom is -0.369 e. The third-order valence-corrected chi connectivity index (χ3v) is 7.39. The van der Waals surface area contributed by atoms with E-state index < -0.39 is 0 Å². The van der Waals surface area contributed by atoms with Gasteiger partial charge in [-0.2, -0.15) is 0 Å². The Morgan fingerprint density at radius 3 is 2.52 bits per heavy atom. The van der Waals surface area contributed by atoms with E-state index in [1.165, 1.54) is 17.0 Å². The van der Waals surface area contributed by atoms with Gasteiger partial charge in [-0.25, -0.2) is 4.98 Å². The largest absolute Gasteiger partial charge is 0.369 e. The first-order valence-corrected chi connectivity index (χ1v) is 11.9. The molecule has 3 aromatic rings. The number of thiophene rings is 1. The van der Waals surface area contributed by atoms with Gasteiger partial charge < -0.3 is 4.90 Å². The normalized spacial score (nSPS) is 14.4. The highest BCUT2D eigenvalue weighted by Gasteiger charge is 2.19. The first kappa shape index (κ1) is 21.5. The van der Waals surface area contributed by atoms with Crippen LogP contribution in [0.2, 0.25) is 0 Å². The highest BCUT2D eigenvalue weighted by atomic mass is 32.1. The van der Waals surface area contributed by atoms with Crippen LogP contribution in [0.25, 0.3) is 9.88 Å². The number of hydrogen-bond acceptors (Lipinski definition) is 7. The molecule has 162 valence electrons. The van der Waals surface area contributed by atoms with Crippen molar-refractivity contribution in [2.45, 2.75) is 13.3 Å². The van der Waals surface area contributed by atoms with Crippen molar-refractivity contribution in [3.63, 3.8) is 0 Å². The number of amides is 2. The molecule has 0 unspecified atom stereocenters. The lowest BCUT2D eigenvalue weighted by Gasteiger charge is -2.36. The van der Waals surface area contributed by atoms with Gasteiger partial charge >= 0.3 is 0 Å². The summed E-state index contributed by atoms with van der Waals surface area (Å²) in [6.07, 6.45) is 0.341. The number of piperazine rings is 1. The molecule has 9 heteroatoms. The van der Waals surface area contributed by atoms with E-state index in [4.69, 9.17) is 0 Å². The van der Waals surface area contributed by atoms with Crippen LogP contribution in [-0.2, 0) is 4.79 Å². The molecule has 7 nitrogen and oxygen atoms in total. The molecule has 1 aromatic carbocycles. The van der Waals surface area contributed by atoms with Crippen LogP contribution in [0.5, 0.6) is 0 Å². The lowest BCUT2D eigenvalue weighted by molar-refractivity contribution is -0.122. The van der Waals surface area contributed by atoms with Crippen molar-refractivity contribution in [2.24, 2.45) is 0 Å². The van der Waals surface area contributed by atoms with Gasteiger partial charge in [-0.05, 0) is 30.5 Å². The van der Waals surface area contributed by atoms with Crippen LogP contribution in [-0.4, -0.2) is 54.4 Å². The molecule has 1 aliphatic rings. The summed E-state index contributed by atoms with van der Waals surface area (Å²) in [7, 11) is 0. The number of aryl methyl sites for hydroxylation is 1. The Labute approximate surface area is 189 Å². The smallest absolute Gasteiger partial charge is 0.281 e. The molecule has 0 aliphatic carbocycles. The number of benzene rings is 1. The molecule has 2 aromatic heterocycles. The van der Waals surface area contributed by atoms with Gasteiger partial charge in [0, 0.05) is 44.8 Å². The van der Waals surface area contributed by atoms with Crippen molar-refractivity contribution in [1.29, 1.82) is 0 Å². The van der Waals surface area contributed by atoms with E-state index in [1.807, 2.05) is 23.6 Å². The average molecular weight is 456 g/mol. The third kappa shape index (κ3) is 5.49. The predicted molar refractivity (Wildman–Crippen MR) is 125 cm³/mol. The molecule has 0 saturated carbocycles. The molecule has 0 spiro atoms. The Bertz CT molecular complexity index is 1010. The quantitative estimate of drug-likeness (QED) is 0.559. The van der Waals surface area contributed by atoms with E-state index in [0.29, 0.717) is 23.5 Å². The molecular formula is C22H25N5O2S2. The maximum absolute atomic E-state index is 12.5. The second-order valence-electron chi connectivity index (χ2n) is 7.33. The molecule has 1 fully saturated rings. The van der Waals surface area contributed by atoms with E-state index in [2.05, 4.69) is 49.9 Å². The predicted octanol–water partition coefficient (Wildman–Crippen LogP) is 3.15. The fourth-order valence-electron chi connectivity index (χ4n) is 3.49. The van der Waals surface area contributed by atoms with Crippen LogP contribution in [0.3, 0.4) is 0 Å². The number of para-hydroxylation sites is 1. The zero-order chi connectivity index (χ0) is 21.6. The average Bonchev–Trinajstić information content (AvgIpc) is 3.47. The first-order chi connectivity index (χ1) is 15.1. The number of hydrogen-bond donors (Lipinski definition) is 2. The zero-order valence-electron chi connectivity index (χ0n) is 17.3.